The van der Waals surface area contributed by atoms with Gasteiger partial charge in [-0.1, -0.05) is 147 Å². The number of aryl methyl sites for hydroxylation is 1. The lowest BCUT2D eigenvalue weighted by molar-refractivity contribution is 0.660. The van der Waals surface area contributed by atoms with Gasteiger partial charge in [0.15, 0.2) is 0 Å². The first-order valence-electron chi connectivity index (χ1n) is 16.2. The third-order valence-corrected chi connectivity index (χ3v) is 11.5. The van der Waals surface area contributed by atoms with Crippen LogP contribution in [0.5, 0.6) is 0 Å². The van der Waals surface area contributed by atoms with E-state index in [0.717, 1.165) is 6.42 Å². The van der Waals surface area contributed by atoms with Crippen molar-refractivity contribution in [2.24, 2.45) is 0 Å². The predicted molar refractivity (Wildman–Crippen MR) is 201 cm³/mol. The molecule has 0 nitrogen and oxygen atoms in total. The molecule has 0 saturated heterocycles. The highest BCUT2D eigenvalue weighted by molar-refractivity contribution is 7.26. The minimum absolute atomic E-state index is 0.0788. The molecule has 1 heterocycles. The van der Waals surface area contributed by atoms with E-state index in [0.29, 0.717) is 0 Å². The fourth-order valence-corrected chi connectivity index (χ4v) is 9.20. The molecule has 0 bridgehead atoms. The molecule has 7 aromatic carbocycles. The van der Waals surface area contributed by atoms with Crippen LogP contribution in [0.25, 0.3) is 64.5 Å². The van der Waals surface area contributed by atoms with Crippen LogP contribution in [0.4, 0.5) is 0 Å². The standard InChI is InChI=1S/C45H34S/c1-28-24-41-43(37-18-7-6-15-33(28)37)39-23-22-29(26-40(39)45(41,2)3)25-32(27-31-14-10-13-30-12-4-5-16-34(30)31)35-19-11-20-38-36-17-8-9-21-42(36)46-44(35)38/h4-26H,27H2,1-3H3/b32-25-. The Bertz CT molecular complexity index is 2530. The smallest absolute Gasteiger partial charge is 0.0430 e. The van der Waals surface area contributed by atoms with E-state index in [1.165, 1.54) is 91.8 Å². The van der Waals surface area contributed by atoms with E-state index in [4.69, 9.17) is 0 Å². The van der Waals surface area contributed by atoms with Crippen molar-refractivity contribution in [2.75, 3.05) is 0 Å². The van der Waals surface area contributed by atoms with Gasteiger partial charge in [-0.3, -0.25) is 0 Å². The Morgan fingerprint density at radius 2 is 1.33 bits per heavy atom. The van der Waals surface area contributed by atoms with Crippen molar-refractivity contribution in [3.05, 3.63) is 167 Å². The van der Waals surface area contributed by atoms with Crippen LogP contribution in [-0.2, 0) is 11.8 Å². The van der Waals surface area contributed by atoms with E-state index in [9.17, 15) is 0 Å². The summed E-state index contributed by atoms with van der Waals surface area (Å²) in [5.41, 5.74) is 12.2. The molecular weight excluding hydrogens is 573 g/mol. The molecule has 0 aliphatic heterocycles. The van der Waals surface area contributed by atoms with E-state index in [2.05, 4.69) is 160 Å². The molecular formula is C45H34S. The molecule has 9 rings (SSSR count). The van der Waals surface area contributed by atoms with Crippen LogP contribution in [0.2, 0.25) is 0 Å². The summed E-state index contributed by atoms with van der Waals surface area (Å²) in [6.07, 6.45) is 3.32. The molecule has 1 heteroatoms. The number of benzene rings is 7. The minimum Gasteiger partial charge on any atom is -0.135 e. The highest BCUT2D eigenvalue weighted by atomic mass is 32.1. The molecule has 8 aromatic rings. The number of rotatable bonds is 4. The predicted octanol–water partition coefficient (Wildman–Crippen LogP) is 12.8. The lowest BCUT2D eigenvalue weighted by Crippen LogP contribution is -2.15. The zero-order valence-electron chi connectivity index (χ0n) is 26.4. The van der Waals surface area contributed by atoms with Crippen molar-refractivity contribution in [1.29, 1.82) is 0 Å². The van der Waals surface area contributed by atoms with E-state index in [1.807, 2.05) is 11.3 Å². The van der Waals surface area contributed by atoms with Gasteiger partial charge in [-0.2, -0.15) is 0 Å². The highest BCUT2D eigenvalue weighted by Gasteiger charge is 2.37. The van der Waals surface area contributed by atoms with Gasteiger partial charge in [0.1, 0.15) is 0 Å². The quantitative estimate of drug-likeness (QED) is 0.175. The van der Waals surface area contributed by atoms with Crippen LogP contribution in [0, 0.1) is 6.92 Å². The van der Waals surface area contributed by atoms with Crippen molar-refractivity contribution in [3.8, 4) is 11.1 Å². The minimum atomic E-state index is -0.0788. The lowest BCUT2D eigenvalue weighted by atomic mass is 9.80. The first-order valence-corrected chi connectivity index (χ1v) is 17.0. The summed E-state index contributed by atoms with van der Waals surface area (Å²) in [5.74, 6) is 0. The van der Waals surface area contributed by atoms with Gasteiger partial charge in [0, 0.05) is 25.6 Å². The monoisotopic (exact) mass is 606 g/mol. The number of hydrogen-bond acceptors (Lipinski definition) is 1. The van der Waals surface area contributed by atoms with Crippen molar-refractivity contribution >= 4 is 64.7 Å². The fraction of sp³-hybridized carbons (Fsp3) is 0.111. The van der Waals surface area contributed by atoms with Crippen LogP contribution >= 0.6 is 11.3 Å². The second kappa shape index (κ2) is 10.3. The van der Waals surface area contributed by atoms with Crippen LogP contribution in [-0.4, -0.2) is 0 Å². The second-order valence-corrected chi connectivity index (χ2v) is 14.4. The van der Waals surface area contributed by atoms with E-state index < -0.39 is 0 Å². The molecule has 46 heavy (non-hydrogen) atoms. The van der Waals surface area contributed by atoms with Crippen LogP contribution in [0.3, 0.4) is 0 Å². The van der Waals surface area contributed by atoms with Crippen molar-refractivity contribution in [3.63, 3.8) is 0 Å². The van der Waals surface area contributed by atoms with Crippen LogP contribution in [0.15, 0.2) is 133 Å². The first kappa shape index (κ1) is 27.3. The molecule has 0 radical (unpaired) electrons. The van der Waals surface area contributed by atoms with Crippen molar-refractivity contribution in [2.45, 2.75) is 32.6 Å². The zero-order chi connectivity index (χ0) is 31.0. The number of thiophene rings is 1. The van der Waals surface area contributed by atoms with Crippen LogP contribution < -0.4 is 0 Å². The Labute approximate surface area is 274 Å². The topological polar surface area (TPSA) is 0 Å². The Morgan fingerprint density at radius 3 is 2.20 bits per heavy atom. The summed E-state index contributed by atoms with van der Waals surface area (Å²) >= 11 is 1.91. The van der Waals surface area contributed by atoms with Gasteiger partial charge in [0.25, 0.3) is 0 Å². The fourth-order valence-electron chi connectivity index (χ4n) is 7.95. The Morgan fingerprint density at radius 1 is 0.630 bits per heavy atom. The van der Waals surface area contributed by atoms with E-state index in [1.54, 1.807) is 0 Å². The largest absolute Gasteiger partial charge is 0.135 e. The molecule has 1 aliphatic carbocycles. The molecule has 0 saturated carbocycles. The average molecular weight is 607 g/mol. The molecule has 1 aliphatic rings. The number of allylic oxidation sites excluding steroid dienone is 1. The van der Waals surface area contributed by atoms with Crippen molar-refractivity contribution < 1.29 is 0 Å². The third-order valence-electron chi connectivity index (χ3n) is 10.3. The number of hydrogen-bond donors (Lipinski definition) is 0. The zero-order valence-corrected chi connectivity index (χ0v) is 27.2. The Kier molecular flexibility index (Phi) is 6.11. The Hall–Kier alpha value is -4.98. The molecule has 220 valence electrons. The molecule has 0 N–H and O–H groups in total. The van der Waals surface area contributed by atoms with Gasteiger partial charge in [-0.15, -0.1) is 11.3 Å². The van der Waals surface area contributed by atoms with Crippen molar-refractivity contribution in [1.82, 2.24) is 0 Å². The maximum absolute atomic E-state index is 2.47. The Balaban J connectivity index is 1.26. The summed E-state index contributed by atoms with van der Waals surface area (Å²) in [6.45, 7) is 7.05. The van der Waals surface area contributed by atoms with Gasteiger partial charge in [-0.25, -0.2) is 0 Å². The summed E-state index contributed by atoms with van der Waals surface area (Å²) in [7, 11) is 0. The molecule has 0 amide bonds. The summed E-state index contributed by atoms with van der Waals surface area (Å²) in [6, 6.07) is 49.7. The maximum Gasteiger partial charge on any atom is 0.0430 e. The average Bonchev–Trinajstić information content (AvgIpc) is 3.57. The molecule has 1 aromatic heterocycles. The third kappa shape index (κ3) is 4.12. The lowest BCUT2D eigenvalue weighted by Gasteiger charge is -2.23. The second-order valence-electron chi connectivity index (χ2n) is 13.4. The van der Waals surface area contributed by atoms with Gasteiger partial charge in [-0.05, 0) is 91.0 Å². The SMILES string of the molecule is Cc1cc2c(c3ccccc13)-c1ccc(/C=C(/Cc3cccc4ccccc34)c3cccc4c3sc3ccccc34)cc1C2(C)C. The normalized spacial score (nSPS) is 13.9. The van der Waals surface area contributed by atoms with E-state index >= 15 is 0 Å². The summed E-state index contributed by atoms with van der Waals surface area (Å²) in [5, 5.41) is 8.01. The van der Waals surface area contributed by atoms with Gasteiger partial charge >= 0.3 is 0 Å². The first-order chi connectivity index (χ1) is 22.5. The number of fused-ring (bicyclic) bond motifs is 9. The molecule has 0 atom stereocenters. The van der Waals surface area contributed by atoms with Gasteiger partial charge in [0.2, 0.25) is 0 Å². The van der Waals surface area contributed by atoms with Crippen LogP contribution in [0.1, 0.15) is 47.2 Å². The van der Waals surface area contributed by atoms with E-state index in [-0.39, 0.29) is 5.41 Å². The van der Waals surface area contributed by atoms with Gasteiger partial charge in [0.05, 0.1) is 0 Å². The maximum atomic E-state index is 2.47. The van der Waals surface area contributed by atoms with Gasteiger partial charge < -0.3 is 0 Å². The summed E-state index contributed by atoms with van der Waals surface area (Å²) < 4.78 is 2.71. The molecule has 0 unspecified atom stereocenters. The highest BCUT2D eigenvalue weighted by Crippen LogP contribution is 2.52. The molecule has 0 fully saturated rings. The molecule has 0 spiro atoms. The summed E-state index contributed by atoms with van der Waals surface area (Å²) in [4.78, 5) is 0.